The van der Waals surface area contributed by atoms with E-state index in [-0.39, 0.29) is 18.9 Å². The van der Waals surface area contributed by atoms with Crippen molar-refractivity contribution in [2.24, 2.45) is 5.41 Å². The lowest BCUT2D eigenvalue weighted by molar-refractivity contribution is -0.152. The van der Waals surface area contributed by atoms with Crippen molar-refractivity contribution < 1.29 is 23.9 Å². The molecule has 3 atom stereocenters. The maximum absolute atomic E-state index is 14.0. The Hall–Kier alpha value is -3.39. The molecule has 1 aliphatic rings. The van der Waals surface area contributed by atoms with E-state index in [4.69, 9.17) is 9.47 Å². The number of rotatable bonds is 6. The number of hydrogen-bond donors (Lipinski definition) is 2. The number of ether oxygens (including phenoxy) is 2. The van der Waals surface area contributed by atoms with E-state index in [0.29, 0.717) is 0 Å². The highest BCUT2D eigenvalue weighted by Crippen LogP contribution is 2.41. The van der Waals surface area contributed by atoms with Crippen LogP contribution in [0.5, 0.6) is 0 Å². The number of urea groups is 1. The summed E-state index contributed by atoms with van der Waals surface area (Å²) in [5, 5.41) is 5.69. The topological polar surface area (TPSA) is 97.0 Å². The first kappa shape index (κ1) is 29.2. The molecule has 1 heterocycles. The predicted molar refractivity (Wildman–Crippen MR) is 147 cm³/mol. The Morgan fingerprint density at radius 3 is 2.00 bits per heavy atom. The smallest absolute Gasteiger partial charge is 0.328 e. The molecular weight excluding hydrogens is 482 g/mol. The van der Waals surface area contributed by atoms with Crippen LogP contribution in [0.3, 0.4) is 0 Å². The first-order valence-corrected chi connectivity index (χ1v) is 12.9. The predicted octanol–water partition coefficient (Wildman–Crippen LogP) is 4.48. The highest BCUT2D eigenvalue weighted by molar-refractivity contribution is 5.92. The molecule has 2 aromatic rings. The normalized spacial score (nSPS) is 20.5. The molecule has 0 saturated carbocycles. The average molecular weight is 524 g/mol. The minimum atomic E-state index is -0.917. The van der Waals surface area contributed by atoms with Gasteiger partial charge in [-0.3, -0.25) is 4.79 Å². The van der Waals surface area contributed by atoms with Crippen LogP contribution < -0.4 is 10.6 Å². The molecule has 2 N–H and O–H groups in total. The number of amides is 3. The van der Waals surface area contributed by atoms with Gasteiger partial charge in [0.1, 0.15) is 17.7 Å². The zero-order valence-corrected chi connectivity index (χ0v) is 23.8. The second kappa shape index (κ2) is 11.2. The monoisotopic (exact) mass is 523 g/mol. The second-order valence-corrected chi connectivity index (χ2v) is 12.0. The second-order valence-electron chi connectivity index (χ2n) is 12.0. The molecule has 0 bridgehead atoms. The lowest BCUT2D eigenvalue weighted by atomic mass is 9.85. The van der Waals surface area contributed by atoms with Gasteiger partial charge in [0.2, 0.25) is 5.91 Å². The van der Waals surface area contributed by atoms with Crippen LogP contribution in [0.15, 0.2) is 54.6 Å². The first-order valence-electron chi connectivity index (χ1n) is 12.9. The molecule has 38 heavy (non-hydrogen) atoms. The van der Waals surface area contributed by atoms with Gasteiger partial charge in [-0.05, 0) is 42.9 Å². The van der Waals surface area contributed by atoms with Crippen LogP contribution in [-0.4, -0.2) is 61.2 Å². The minimum Gasteiger partial charge on any atom is -0.467 e. The third kappa shape index (κ3) is 6.54. The van der Waals surface area contributed by atoms with Crippen molar-refractivity contribution in [3.63, 3.8) is 0 Å². The van der Waals surface area contributed by atoms with E-state index in [1.54, 1.807) is 7.11 Å². The Morgan fingerprint density at radius 2 is 1.50 bits per heavy atom. The van der Waals surface area contributed by atoms with Crippen LogP contribution in [0.1, 0.15) is 53.5 Å². The summed E-state index contributed by atoms with van der Waals surface area (Å²) < 4.78 is 11.1. The molecule has 0 aromatic heterocycles. The molecule has 1 saturated heterocycles. The molecule has 3 rings (SSSR count). The van der Waals surface area contributed by atoms with E-state index < -0.39 is 40.6 Å². The average Bonchev–Trinajstić information content (AvgIpc) is 3.27. The van der Waals surface area contributed by atoms with Crippen LogP contribution in [0, 0.1) is 5.41 Å². The lowest BCUT2D eigenvalue weighted by Gasteiger charge is -2.36. The van der Waals surface area contributed by atoms with Gasteiger partial charge in [0.05, 0.1) is 13.7 Å². The number of nitrogens with one attached hydrogen (secondary N) is 2. The third-order valence-electron chi connectivity index (χ3n) is 6.87. The van der Waals surface area contributed by atoms with Crippen LogP contribution >= 0.6 is 0 Å². The Kier molecular flexibility index (Phi) is 8.56. The zero-order valence-electron chi connectivity index (χ0n) is 23.8. The lowest BCUT2D eigenvalue weighted by Crippen LogP contribution is -2.60. The summed E-state index contributed by atoms with van der Waals surface area (Å²) in [6, 6.07) is 15.8. The summed E-state index contributed by atoms with van der Waals surface area (Å²) in [5.41, 5.74) is 0.985. The fraction of sp³-hybridized carbons (Fsp3) is 0.500. The number of benzene rings is 2. The van der Waals surface area contributed by atoms with Crippen molar-refractivity contribution in [3.8, 4) is 11.1 Å². The SMILES string of the molecule is COC(=O)[C@@H]1CC(OC)(c2ccc(-c3ccccc3)cc2)CN1C(=O)C(NC(=O)NC(C)(C)C)C(C)(C)C. The largest absolute Gasteiger partial charge is 0.467 e. The summed E-state index contributed by atoms with van der Waals surface area (Å²) in [6.07, 6.45) is 0.234. The van der Waals surface area contributed by atoms with Crippen molar-refractivity contribution >= 4 is 17.9 Å². The van der Waals surface area contributed by atoms with E-state index in [0.717, 1.165) is 16.7 Å². The summed E-state index contributed by atoms with van der Waals surface area (Å²) in [6.45, 7) is 11.4. The quantitative estimate of drug-likeness (QED) is 0.544. The van der Waals surface area contributed by atoms with Crippen LogP contribution in [-0.2, 0) is 24.7 Å². The number of carbonyl (C=O) groups excluding carboxylic acids is 3. The highest BCUT2D eigenvalue weighted by atomic mass is 16.5. The number of likely N-dealkylation sites (tertiary alicyclic amines) is 1. The van der Waals surface area contributed by atoms with Gasteiger partial charge >= 0.3 is 12.0 Å². The summed E-state index contributed by atoms with van der Waals surface area (Å²) in [7, 11) is 2.90. The summed E-state index contributed by atoms with van der Waals surface area (Å²) >= 11 is 0. The fourth-order valence-corrected chi connectivity index (χ4v) is 4.84. The zero-order chi connectivity index (χ0) is 28.3. The molecular formula is C30H41N3O5. The Balaban J connectivity index is 1.95. The maximum Gasteiger partial charge on any atom is 0.328 e. The Bertz CT molecular complexity index is 1140. The molecule has 2 aromatic carbocycles. The molecule has 8 nitrogen and oxygen atoms in total. The molecule has 8 heteroatoms. The number of hydrogen-bond acceptors (Lipinski definition) is 5. The van der Waals surface area contributed by atoms with Crippen LogP contribution in [0.25, 0.3) is 11.1 Å². The van der Waals surface area contributed by atoms with Crippen LogP contribution in [0.2, 0.25) is 0 Å². The fourth-order valence-electron chi connectivity index (χ4n) is 4.84. The molecule has 2 unspecified atom stereocenters. The maximum atomic E-state index is 14.0. The minimum absolute atomic E-state index is 0.141. The van der Waals surface area contributed by atoms with Gasteiger partial charge in [0.15, 0.2) is 0 Å². The summed E-state index contributed by atoms with van der Waals surface area (Å²) in [4.78, 5) is 41.2. The van der Waals surface area contributed by atoms with E-state index >= 15 is 0 Å². The number of esters is 1. The van der Waals surface area contributed by atoms with Crippen molar-refractivity contribution in [1.29, 1.82) is 0 Å². The number of nitrogens with zero attached hydrogens (tertiary/aromatic N) is 1. The molecule has 1 fully saturated rings. The molecule has 206 valence electrons. The number of carbonyl (C=O) groups is 3. The molecule has 0 radical (unpaired) electrons. The van der Waals surface area contributed by atoms with Gasteiger partial charge < -0.3 is 25.0 Å². The molecule has 3 amide bonds. The van der Waals surface area contributed by atoms with Crippen molar-refractivity contribution in [2.45, 2.75) is 71.2 Å². The van der Waals surface area contributed by atoms with Crippen molar-refractivity contribution in [2.75, 3.05) is 20.8 Å². The highest BCUT2D eigenvalue weighted by Gasteiger charge is 2.53. The van der Waals surface area contributed by atoms with Gasteiger partial charge in [0, 0.05) is 19.1 Å². The van der Waals surface area contributed by atoms with Crippen molar-refractivity contribution in [1.82, 2.24) is 15.5 Å². The molecule has 0 spiro atoms. The van der Waals surface area contributed by atoms with Gasteiger partial charge in [-0.15, -0.1) is 0 Å². The molecule has 1 aliphatic heterocycles. The Labute approximate surface area is 226 Å². The molecule has 0 aliphatic carbocycles. The number of methoxy groups -OCH3 is 2. The van der Waals surface area contributed by atoms with E-state index in [2.05, 4.69) is 10.6 Å². The Morgan fingerprint density at radius 1 is 0.921 bits per heavy atom. The standard InChI is InChI=1S/C30H41N3O5/c1-28(2,3)24(31-27(36)32-29(4,5)6)25(34)33-19-30(38-8,18-23(33)26(35)37-7)22-16-14-21(15-17-22)20-12-10-9-11-13-20/h9-17,23-24H,18-19H2,1-8H3,(H2,31,32,36)/t23-,24?,30?/m0/s1. The summed E-state index contributed by atoms with van der Waals surface area (Å²) in [5.74, 6) is -0.887. The van der Waals surface area contributed by atoms with Crippen LogP contribution in [0.4, 0.5) is 4.79 Å². The van der Waals surface area contributed by atoms with E-state index in [1.165, 1.54) is 12.0 Å². The third-order valence-corrected chi connectivity index (χ3v) is 6.87. The van der Waals surface area contributed by atoms with E-state index in [9.17, 15) is 14.4 Å². The first-order chi connectivity index (χ1) is 17.7. The van der Waals surface area contributed by atoms with Gasteiger partial charge in [0.25, 0.3) is 0 Å². The van der Waals surface area contributed by atoms with Gasteiger partial charge in [-0.1, -0.05) is 75.4 Å². The van der Waals surface area contributed by atoms with Gasteiger partial charge in [-0.25, -0.2) is 9.59 Å². The van der Waals surface area contributed by atoms with Gasteiger partial charge in [-0.2, -0.15) is 0 Å². The van der Waals surface area contributed by atoms with Crippen molar-refractivity contribution in [3.05, 3.63) is 60.2 Å². The van der Waals surface area contributed by atoms with E-state index in [1.807, 2.05) is 96.1 Å².